The van der Waals surface area contributed by atoms with Gasteiger partial charge in [-0.2, -0.15) is 31.6 Å². The maximum atomic E-state index is 15.6. The Balaban J connectivity index is 1.33. The van der Waals surface area contributed by atoms with Gasteiger partial charge in [0.25, 0.3) is 0 Å². The summed E-state index contributed by atoms with van der Waals surface area (Å²) < 4.78 is 94.1. The third-order valence-corrected chi connectivity index (χ3v) is 12.0. The molecule has 8 aromatic carbocycles. The summed E-state index contributed by atoms with van der Waals surface area (Å²) in [6.45, 7) is 5.72. The van der Waals surface area contributed by atoms with Crippen LogP contribution in [0.4, 0.5) is 26.3 Å². The SMILES string of the molecule is Cc1ccc(-c2ccc3c(c2)c2ccccc2n3-c2cc(-c3cccc(C#N)c3)c(C(F)(F)F)cc2-n2c3ccccc3c3cc(-c4ccc(C)cc4C(F)(F)F)ccc32)c(C)c1. The molecule has 0 spiro atoms. The molecule has 0 radical (unpaired) electrons. The Kier molecular flexibility index (Phi) is 9.12. The number of aryl methyl sites for hydroxylation is 3. The van der Waals surface area contributed by atoms with Gasteiger partial charge in [-0.15, -0.1) is 0 Å². The van der Waals surface area contributed by atoms with E-state index in [1.165, 1.54) is 12.1 Å². The highest BCUT2D eigenvalue weighted by molar-refractivity contribution is 6.13. The maximum absolute atomic E-state index is 15.6. The summed E-state index contributed by atoms with van der Waals surface area (Å²) in [6, 6.07) is 47.6. The van der Waals surface area contributed by atoms with Crippen molar-refractivity contribution >= 4 is 43.6 Å². The lowest BCUT2D eigenvalue weighted by molar-refractivity contribution is -0.137. The molecule has 0 unspecified atom stereocenters. The molecule has 0 aliphatic rings. The Morgan fingerprint density at radius 3 is 1.48 bits per heavy atom. The summed E-state index contributed by atoms with van der Waals surface area (Å²) in [7, 11) is 0. The highest BCUT2D eigenvalue weighted by atomic mass is 19.4. The fourth-order valence-electron chi connectivity index (χ4n) is 9.25. The van der Waals surface area contributed by atoms with Gasteiger partial charge in [-0.1, -0.05) is 102 Å². The van der Waals surface area contributed by atoms with Crippen molar-refractivity contribution in [1.29, 1.82) is 5.26 Å². The maximum Gasteiger partial charge on any atom is 0.417 e. The van der Waals surface area contributed by atoms with E-state index in [4.69, 9.17) is 0 Å². The van der Waals surface area contributed by atoms with Crippen molar-refractivity contribution in [3.8, 4) is 50.8 Å². The monoisotopic (exact) mass is 839 g/mol. The molecule has 63 heavy (non-hydrogen) atoms. The predicted molar refractivity (Wildman–Crippen MR) is 240 cm³/mol. The average Bonchev–Trinajstić information content (AvgIpc) is 3.77. The first-order chi connectivity index (χ1) is 30.2. The molecule has 0 saturated heterocycles. The fraction of sp³-hybridized carbons (Fsp3) is 0.0926. The second-order valence-electron chi connectivity index (χ2n) is 16.1. The van der Waals surface area contributed by atoms with Crippen LogP contribution in [-0.4, -0.2) is 9.13 Å². The van der Waals surface area contributed by atoms with Crippen molar-refractivity contribution in [1.82, 2.24) is 9.13 Å². The quantitative estimate of drug-likeness (QED) is 0.159. The summed E-state index contributed by atoms with van der Waals surface area (Å²) in [6.07, 6.45) is -9.46. The molecule has 308 valence electrons. The lowest BCUT2D eigenvalue weighted by atomic mass is 9.95. The zero-order valence-corrected chi connectivity index (χ0v) is 34.1. The van der Waals surface area contributed by atoms with Crippen LogP contribution in [0.1, 0.15) is 33.4 Å². The molecule has 0 saturated carbocycles. The smallest absolute Gasteiger partial charge is 0.307 e. The Labute approximate surface area is 358 Å². The van der Waals surface area contributed by atoms with Crippen molar-refractivity contribution in [3.63, 3.8) is 0 Å². The van der Waals surface area contributed by atoms with Gasteiger partial charge in [-0.3, -0.25) is 0 Å². The molecule has 2 aromatic heterocycles. The summed E-state index contributed by atoms with van der Waals surface area (Å²) >= 11 is 0. The van der Waals surface area contributed by atoms with Gasteiger partial charge in [0.2, 0.25) is 0 Å². The highest BCUT2D eigenvalue weighted by Gasteiger charge is 2.37. The number of rotatable bonds is 5. The third kappa shape index (κ3) is 6.61. The predicted octanol–water partition coefficient (Wildman–Crippen LogP) is 15.7. The molecule has 0 atom stereocenters. The highest BCUT2D eigenvalue weighted by Crippen LogP contribution is 2.46. The van der Waals surface area contributed by atoms with Gasteiger partial charge in [0.05, 0.1) is 56.2 Å². The van der Waals surface area contributed by atoms with E-state index in [-0.39, 0.29) is 27.9 Å². The van der Waals surface area contributed by atoms with Gasteiger partial charge < -0.3 is 9.13 Å². The summed E-state index contributed by atoms with van der Waals surface area (Å²) in [5.41, 5.74) is 6.94. The Morgan fingerprint density at radius 2 is 0.905 bits per heavy atom. The molecule has 9 heteroatoms. The lowest BCUT2D eigenvalue weighted by Crippen LogP contribution is -2.12. The minimum absolute atomic E-state index is 0.00121. The number of hydrogen-bond donors (Lipinski definition) is 0. The number of nitrogens with zero attached hydrogens (tertiary/aromatic N) is 3. The van der Waals surface area contributed by atoms with Crippen molar-refractivity contribution in [2.24, 2.45) is 0 Å². The minimum Gasteiger partial charge on any atom is -0.307 e. The number of para-hydroxylation sites is 2. The topological polar surface area (TPSA) is 33.6 Å². The molecule has 2 heterocycles. The van der Waals surface area contributed by atoms with Gasteiger partial charge in [0.15, 0.2) is 0 Å². The Morgan fingerprint density at radius 1 is 0.413 bits per heavy atom. The Hall–Kier alpha value is -7.57. The van der Waals surface area contributed by atoms with Gasteiger partial charge in [-0.25, -0.2) is 0 Å². The molecule has 3 nitrogen and oxygen atoms in total. The van der Waals surface area contributed by atoms with E-state index in [2.05, 4.69) is 37.3 Å². The molecule has 0 fully saturated rings. The molecule has 0 aliphatic heterocycles. The van der Waals surface area contributed by atoms with Gasteiger partial charge in [0, 0.05) is 21.5 Å². The van der Waals surface area contributed by atoms with E-state index >= 15 is 13.2 Å². The van der Waals surface area contributed by atoms with Crippen LogP contribution in [0.5, 0.6) is 0 Å². The Bertz CT molecular complexity index is 3540. The van der Waals surface area contributed by atoms with Gasteiger partial charge in [0.1, 0.15) is 0 Å². The number of halogens is 6. The number of alkyl halides is 6. The zero-order chi connectivity index (χ0) is 43.9. The number of aromatic nitrogens is 2. The summed E-state index contributed by atoms with van der Waals surface area (Å²) in [4.78, 5) is 0. The first-order valence-electron chi connectivity index (χ1n) is 20.3. The van der Waals surface area contributed by atoms with Crippen LogP contribution >= 0.6 is 0 Å². The molecule has 0 N–H and O–H groups in total. The number of benzene rings is 8. The van der Waals surface area contributed by atoms with Crippen molar-refractivity contribution in [3.05, 3.63) is 191 Å². The largest absolute Gasteiger partial charge is 0.417 e. The molecule has 0 aliphatic carbocycles. The van der Waals surface area contributed by atoms with Crippen LogP contribution in [0.3, 0.4) is 0 Å². The zero-order valence-electron chi connectivity index (χ0n) is 34.1. The third-order valence-electron chi connectivity index (χ3n) is 12.0. The summed E-state index contributed by atoms with van der Waals surface area (Å²) in [5.74, 6) is 0. The van der Waals surface area contributed by atoms with Crippen molar-refractivity contribution < 1.29 is 26.3 Å². The molecular formula is C54H35F6N3. The van der Waals surface area contributed by atoms with E-state index in [0.29, 0.717) is 38.6 Å². The lowest BCUT2D eigenvalue weighted by Gasteiger charge is -2.22. The van der Waals surface area contributed by atoms with E-state index in [9.17, 15) is 18.4 Å². The van der Waals surface area contributed by atoms with Gasteiger partial charge in [-0.05, 0) is 126 Å². The molecular weight excluding hydrogens is 805 g/mol. The first-order valence-corrected chi connectivity index (χ1v) is 20.3. The second kappa shape index (κ2) is 14.5. The number of fused-ring (bicyclic) bond motifs is 6. The van der Waals surface area contributed by atoms with Crippen molar-refractivity contribution in [2.75, 3.05) is 0 Å². The van der Waals surface area contributed by atoms with E-state index in [1.807, 2.05) is 60.0 Å². The molecule has 10 rings (SSSR count). The number of hydrogen-bond acceptors (Lipinski definition) is 1. The van der Waals surface area contributed by atoms with Crippen LogP contribution < -0.4 is 0 Å². The van der Waals surface area contributed by atoms with E-state index in [0.717, 1.165) is 56.2 Å². The second-order valence-corrected chi connectivity index (χ2v) is 16.1. The molecule has 0 bridgehead atoms. The standard InChI is InChI=1S/C54H35F6N3/c1-31-15-19-38(33(3)23-31)36-17-21-49-43(26-36)40-11-4-6-13-47(40)62(49)51-28-42(35-10-8-9-34(25-35)30-61)46(54(58,59)60)29-52(51)63-48-14-7-5-12-41(48)44-27-37(18-22-50(44)63)39-20-16-32(2)24-45(39)53(55,56)57/h4-29H,1-3H3. The van der Waals surface area contributed by atoms with Crippen LogP contribution in [0.15, 0.2) is 158 Å². The normalized spacial score (nSPS) is 12.2. The number of nitriles is 1. The van der Waals surface area contributed by atoms with Gasteiger partial charge >= 0.3 is 12.4 Å². The van der Waals surface area contributed by atoms with Crippen LogP contribution in [0, 0.1) is 32.1 Å². The minimum atomic E-state index is -4.84. The molecule has 0 amide bonds. The van der Waals surface area contributed by atoms with Crippen LogP contribution in [0.2, 0.25) is 0 Å². The average molecular weight is 840 g/mol. The summed E-state index contributed by atoms with van der Waals surface area (Å²) in [5, 5.41) is 12.8. The first kappa shape index (κ1) is 39.6. The van der Waals surface area contributed by atoms with Crippen molar-refractivity contribution in [2.45, 2.75) is 33.1 Å². The van der Waals surface area contributed by atoms with E-state index in [1.54, 1.807) is 72.2 Å². The van der Waals surface area contributed by atoms with Crippen LogP contribution in [0.25, 0.3) is 88.4 Å². The molecule has 10 aromatic rings. The fourth-order valence-corrected chi connectivity index (χ4v) is 9.25. The van der Waals surface area contributed by atoms with Crippen LogP contribution in [-0.2, 0) is 12.4 Å². The van der Waals surface area contributed by atoms with E-state index < -0.39 is 23.5 Å².